The minimum atomic E-state index is -0.0569. The molecular formula is C17H24O2. The molecule has 0 N–H and O–H groups in total. The first-order chi connectivity index (χ1) is 9.13. The summed E-state index contributed by atoms with van der Waals surface area (Å²) < 4.78 is 0. The summed E-state index contributed by atoms with van der Waals surface area (Å²) in [7, 11) is 0. The van der Waals surface area contributed by atoms with Gasteiger partial charge in [-0.05, 0) is 13.3 Å². The van der Waals surface area contributed by atoms with Crippen LogP contribution in [0.25, 0.3) is 0 Å². The highest BCUT2D eigenvalue weighted by Crippen LogP contribution is 2.10. The lowest BCUT2D eigenvalue weighted by molar-refractivity contribution is -0.118. The van der Waals surface area contributed by atoms with Crippen molar-refractivity contribution in [1.29, 1.82) is 0 Å². The van der Waals surface area contributed by atoms with Crippen molar-refractivity contribution in [3.05, 3.63) is 35.4 Å². The fourth-order valence-corrected chi connectivity index (χ4v) is 2.03. The summed E-state index contributed by atoms with van der Waals surface area (Å²) in [6.45, 7) is 4.15. The molecule has 0 aliphatic carbocycles. The molecule has 0 saturated heterocycles. The van der Waals surface area contributed by atoms with E-state index >= 15 is 0 Å². The number of hydrogen-bond acceptors (Lipinski definition) is 2. The predicted molar refractivity (Wildman–Crippen MR) is 78.5 cm³/mol. The Morgan fingerprint density at radius 1 is 0.947 bits per heavy atom. The molecule has 2 heteroatoms. The SMILES string of the molecule is CCCCCCCC(=O)CC(=O)c1ccc(C)cc1. The number of rotatable bonds is 9. The lowest BCUT2D eigenvalue weighted by atomic mass is 10.0. The number of unbranched alkanes of at least 4 members (excludes halogenated alkanes) is 4. The molecule has 19 heavy (non-hydrogen) atoms. The lowest BCUT2D eigenvalue weighted by Crippen LogP contribution is -2.08. The molecule has 104 valence electrons. The molecule has 0 bridgehead atoms. The summed E-state index contributed by atoms with van der Waals surface area (Å²) in [6, 6.07) is 7.41. The molecule has 0 fully saturated rings. The lowest BCUT2D eigenvalue weighted by Gasteiger charge is -2.02. The molecule has 0 atom stereocenters. The van der Waals surface area contributed by atoms with Crippen LogP contribution in [0.3, 0.4) is 0 Å². The highest BCUT2D eigenvalue weighted by Gasteiger charge is 2.11. The van der Waals surface area contributed by atoms with Crippen molar-refractivity contribution in [2.24, 2.45) is 0 Å². The first-order valence-electron chi connectivity index (χ1n) is 7.25. The maximum absolute atomic E-state index is 11.9. The molecular weight excluding hydrogens is 236 g/mol. The van der Waals surface area contributed by atoms with Crippen LogP contribution in [0.15, 0.2) is 24.3 Å². The highest BCUT2D eigenvalue weighted by atomic mass is 16.1. The van der Waals surface area contributed by atoms with Gasteiger partial charge in [-0.2, -0.15) is 0 Å². The Balaban J connectivity index is 2.28. The van der Waals surface area contributed by atoms with Gasteiger partial charge in [-0.25, -0.2) is 0 Å². The van der Waals surface area contributed by atoms with E-state index in [1.54, 1.807) is 12.1 Å². The van der Waals surface area contributed by atoms with Crippen LogP contribution in [0.2, 0.25) is 0 Å². The van der Waals surface area contributed by atoms with Gasteiger partial charge < -0.3 is 0 Å². The molecule has 0 aliphatic heterocycles. The summed E-state index contributed by atoms with van der Waals surface area (Å²) in [6.07, 6.45) is 6.24. The minimum absolute atomic E-state index is 0.0524. The Bertz CT molecular complexity index is 404. The smallest absolute Gasteiger partial charge is 0.170 e. The average Bonchev–Trinajstić information content (AvgIpc) is 2.39. The molecule has 0 aromatic heterocycles. The second-order valence-electron chi connectivity index (χ2n) is 5.17. The van der Waals surface area contributed by atoms with Crippen molar-refractivity contribution in [2.75, 3.05) is 0 Å². The van der Waals surface area contributed by atoms with Gasteiger partial charge in [0.15, 0.2) is 5.78 Å². The maximum Gasteiger partial charge on any atom is 0.170 e. The van der Waals surface area contributed by atoms with Gasteiger partial charge in [0.2, 0.25) is 0 Å². The van der Waals surface area contributed by atoms with Crippen LogP contribution in [0, 0.1) is 6.92 Å². The zero-order valence-corrected chi connectivity index (χ0v) is 12.1. The van der Waals surface area contributed by atoms with Gasteiger partial charge in [-0.3, -0.25) is 9.59 Å². The van der Waals surface area contributed by atoms with Crippen LogP contribution < -0.4 is 0 Å². The minimum Gasteiger partial charge on any atom is -0.299 e. The number of hydrogen-bond donors (Lipinski definition) is 0. The number of ketones is 2. The quantitative estimate of drug-likeness (QED) is 0.372. The van der Waals surface area contributed by atoms with Crippen molar-refractivity contribution < 1.29 is 9.59 Å². The van der Waals surface area contributed by atoms with Crippen molar-refractivity contribution in [2.45, 2.75) is 58.8 Å². The number of Topliss-reactive ketones (excluding diaryl/α,β-unsaturated/α-hetero) is 2. The van der Waals surface area contributed by atoms with Gasteiger partial charge >= 0.3 is 0 Å². The third-order valence-electron chi connectivity index (χ3n) is 3.29. The van der Waals surface area contributed by atoms with Gasteiger partial charge in [-0.15, -0.1) is 0 Å². The monoisotopic (exact) mass is 260 g/mol. The molecule has 0 saturated carbocycles. The van der Waals surface area contributed by atoms with E-state index in [0.29, 0.717) is 12.0 Å². The van der Waals surface area contributed by atoms with Crippen LogP contribution in [-0.4, -0.2) is 11.6 Å². The number of carbonyl (C=O) groups is 2. The van der Waals surface area contributed by atoms with Crippen LogP contribution in [-0.2, 0) is 4.79 Å². The van der Waals surface area contributed by atoms with E-state index in [9.17, 15) is 9.59 Å². The second kappa shape index (κ2) is 8.63. The van der Waals surface area contributed by atoms with E-state index in [0.717, 1.165) is 18.4 Å². The summed E-state index contributed by atoms with van der Waals surface area (Å²) in [5.74, 6) is 0.0145. The Kier molecular flexibility index (Phi) is 7.09. The third-order valence-corrected chi connectivity index (χ3v) is 3.29. The zero-order valence-electron chi connectivity index (χ0n) is 12.1. The van der Waals surface area contributed by atoms with E-state index in [-0.39, 0.29) is 18.0 Å². The van der Waals surface area contributed by atoms with Crippen LogP contribution in [0.1, 0.15) is 67.8 Å². The fraction of sp³-hybridized carbons (Fsp3) is 0.529. The summed E-state index contributed by atoms with van der Waals surface area (Å²) in [4.78, 5) is 23.6. The molecule has 1 aromatic carbocycles. The predicted octanol–water partition coefficient (Wildman–Crippen LogP) is 4.50. The average molecular weight is 260 g/mol. The van der Waals surface area contributed by atoms with E-state index in [1.807, 2.05) is 19.1 Å². The maximum atomic E-state index is 11.9. The summed E-state index contributed by atoms with van der Waals surface area (Å²) >= 11 is 0. The second-order valence-corrected chi connectivity index (χ2v) is 5.17. The van der Waals surface area contributed by atoms with Gasteiger partial charge in [0.05, 0.1) is 6.42 Å². The third kappa shape index (κ3) is 6.32. The van der Waals surface area contributed by atoms with E-state index < -0.39 is 0 Å². The number of carbonyl (C=O) groups excluding carboxylic acids is 2. The van der Waals surface area contributed by atoms with E-state index in [1.165, 1.54) is 19.3 Å². The highest BCUT2D eigenvalue weighted by molar-refractivity contribution is 6.07. The van der Waals surface area contributed by atoms with E-state index in [4.69, 9.17) is 0 Å². The molecule has 0 aliphatic rings. The van der Waals surface area contributed by atoms with Crippen molar-refractivity contribution >= 4 is 11.6 Å². The van der Waals surface area contributed by atoms with Gasteiger partial charge in [0.25, 0.3) is 0 Å². The Morgan fingerprint density at radius 2 is 1.58 bits per heavy atom. The molecule has 0 unspecified atom stereocenters. The van der Waals surface area contributed by atoms with Crippen LogP contribution in [0.4, 0.5) is 0 Å². The molecule has 1 rings (SSSR count). The number of benzene rings is 1. The Hall–Kier alpha value is -1.44. The van der Waals surface area contributed by atoms with Gasteiger partial charge in [0.1, 0.15) is 5.78 Å². The largest absolute Gasteiger partial charge is 0.299 e. The van der Waals surface area contributed by atoms with Crippen molar-refractivity contribution in [3.63, 3.8) is 0 Å². The topological polar surface area (TPSA) is 34.1 Å². The van der Waals surface area contributed by atoms with Gasteiger partial charge in [0, 0.05) is 12.0 Å². The number of aryl methyl sites for hydroxylation is 1. The summed E-state index contributed by atoms with van der Waals surface area (Å²) in [5, 5.41) is 0. The zero-order chi connectivity index (χ0) is 14.1. The molecule has 2 nitrogen and oxygen atoms in total. The standard InChI is InChI=1S/C17H24O2/c1-3-4-5-6-7-8-16(18)13-17(19)15-11-9-14(2)10-12-15/h9-12H,3-8,13H2,1-2H3. The molecule has 0 spiro atoms. The molecule has 1 aromatic rings. The van der Waals surface area contributed by atoms with Crippen LogP contribution >= 0.6 is 0 Å². The van der Waals surface area contributed by atoms with Gasteiger partial charge in [-0.1, -0.05) is 62.4 Å². The van der Waals surface area contributed by atoms with Crippen LogP contribution in [0.5, 0.6) is 0 Å². The first kappa shape index (κ1) is 15.6. The molecule has 0 amide bonds. The molecule has 0 radical (unpaired) electrons. The summed E-state index contributed by atoms with van der Waals surface area (Å²) in [5.41, 5.74) is 1.77. The van der Waals surface area contributed by atoms with E-state index in [2.05, 4.69) is 6.92 Å². The Labute approximate surface area is 116 Å². The first-order valence-corrected chi connectivity index (χ1v) is 7.25. The fourth-order valence-electron chi connectivity index (χ4n) is 2.03. The molecule has 0 heterocycles. The van der Waals surface area contributed by atoms with Crippen molar-refractivity contribution in [3.8, 4) is 0 Å². The Morgan fingerprint density at radius 3 is 2.21 bits per heavy atom. The van der Waals surface area contributed by atoms with Crippen molar-refractivity contribution in [1.82, 2.24) is 0 Å². The normalized spacial score (nSPS) is 10.4.